The largest absolute Gasteiger partial charge is 0.493 e. The van der Waals surface area contributed by atoms with Crippen LogP contribution in [-0.2, 0) is 17.8 Å². The van der Waals surface area contributed by atoms with Gasteiger partial charge in [0.1, 0.15) is 0 Å². The summed E-state index contributed by atoms with van der Waals surface area (Å²) in [6.07, 6.45) is 0.946. The second-order valence-corrected chi connectivity index (χ2v) is 7.68. The maximum Gasteiger partial charge on any atom is 0.222 e. The number of amides is 1. The molecule has 0 spiro atoms. The van der Waals surface area contributed by atoms with Gasteiger partial charge in [-0.25, -0.2) is 4.68 Å². The lowest BCUT2D eigenvalue weighted by atomic mass is 10.1. The molecule has 0 bridgehead atoms. The van der Waals surface area contributed by atoms with Crippen molar-refractivity contribution in [3.05, 3.63) is 65.0 Å². The number of para-hydroxylation sites is 1. The molecule has 0 saturated heterocycles. The van der Waals surface area contributed by atoms with Gasteiger partial charge in [-0.05, 0) is 50.1 Å². The number of carbonyl (C=O) groups is 1. The minimum Gasteiger partial charge on any atom is -0.493 e. The molecule has 0 N–H and O–H groups in total. The van der Waals surface area contributed by atoms with Gasteiger partial charge >= 0.3 is 0 Å². The molecular weight excluding hydrogens is 406 g/mol. The van der Waals surface area contributed by atoms with E-state index in [9.17, 15) is 4.79 Å². The predicted molar refractivity (Wildman–Crippen MR) is 124 cm³/mol. The minimum atomic E-state index is 0.0602. The number of hydrogen-bond acceptors (Lipinski definition) is 5. The number of carbonyl (C=O) groups excluding carboxylic acids is 1. The Morgan fingerprint density at radius 3 is 2.19 bits per heavy atom. The second-order valence-electron chi connectivity index (χ2n) is 7.68. The van der Waals surface area contributed by atoms with Crippen LogP contribution in [0.2, 0.25) is 0 Å². The van der Waals surface area contributed by atoms with Crippen LogP contribution in [0.25, 0.3) is 5.69 Å². The fourth-order valence-electron chi connectivity index (χ4n) is 3.77. The Bertz CT molecular complexity index is 1050. The smallest absolute Gasteiger partial charge is 0.222 e. The Balaban J connectivity index is 1.69. The fourth-order valence-corrected chi connectivity index (χ4v) is 3.77. The summed E-state index contributed by atoms with van der Waals surface area (Å²) in [5.41, 5.74) is 4.99. The molecule has 0 atom stereocenters. The number of nitrogens with zero attached hydrogens (tertiary/aromatic N) is 3. The Morgan fingerprint density at radius 1 is 1.00 bits per heavy atom. The predicted octanol–water partition coefficient (Wildman–Crippen LogP) is 4.11. The number of ether oxygens (including phenoxy) is 3. The normalized spacial score (nSPS) is 10.7. The van der Waals surface area contributed by atoms with Crippen molar-refractivity contribution in [2.45, 2.75) is 33.2 Å². The van der Waals surface area contributed by atoms with Crippen LogP contribution in [0, 0.1) is 13.8 Å². The topological polar surface area (TPSA) is 65.8 Å². The van der Waals surface area contributed by atoms with E-state index < -0.39 is 0 Å². The first-order valence-corrected chi connectivity index (χ1v) is 10.5. The first kappa shape index (κ1) is 23.2. The van der Waals surface area contributed by atoms with Crippen LogP contribution in [0.4, 0.5) is 0 Å². The zero-order valence-corrected chi connectivity index (χ0v) is 19.6. The molecule has 1 heterocycles. The number of rotatable bonds is 9. The molecule has 0 radical (unpaired) electrons. The first-order chi connectivity index (χ1) is 15.4. The van der Waals surface area contributed by atoms with Gasteiger partial charge in [0.2, 0.25) is 11.7 Å². The highest BCUT2D eigenvalue weighted by Crippen LogP contribution is 2.38. The van der Waals surface area contributed by atoms with E-state index in [4.69, 9.17) is 14.2 Å². The van der Waals surface area contributed by atoms with E-state index in [0.717, 1.165) is 28.2 Å². The van der Waals surface area contributed by atoms with E-state index in [1.165, 1.54) is 0 Å². The van der Waals surface area contributed by atoms with Crippen molar-refractivity contribution in [3.63, 3.8) is 0 Å². The standard InChI is InChI=1S/C25H31N3O4/c1-17-21(18(2)28(26-17)20-10-8-7-9-11-20)16-27(3)24(29)13-12-19-14-22(30-4)25(32-6)23(15-19)31-5/h7-11,14-15H,12-13,16H2,1-6H3. The zero-order valence-electron chi connectivity index (χ0n) is 19.6. The zero-order chi connectivity index (χ0) is 23.3. The maximum absolute atomic E-state index is 12.9. The summed E-state index contributed by atoms with van der Waals surface area (Å²) >= 11 is 0. The van der Waals surface area contributed by atoms with Crippen LogP contribution in [0.5, 0.6) is 17.2 Å². The lowest BCUT2D eigenvalue weighted by molar-refractivity contribution is -0.130. The molecule has 0 unspecified atom stereocenters. The Labute approximate surface area is 189 Å². The van der Waals surface area contributed by atoms with E-state index in [1.54, 1.807) is 26.2 Å². The van der Waals surface area contributed by atoms with Gasteiger partial charge in [-0.2, -0.15) is 5.10 Å². The highest BCUT2D eigenvalue weighted by Gasteiger charge is 2.18. The van der Waals surface area contributed by atoms with Gasteiger partial charge in [0.15, 0.2) is 11.5 Å². The molecule has 0 aliphatic carbocycles. The number of aromatic nitrogens is 2. The molecule has 1 amide bonds. The Kier molecular flexibility index (Phi) is 7.41. The lowest BCUT2D eigenvalue weighted by Gasteiger charge is -2.18. The quantitative estimate of drug-likeness (QED) is 0.504. The summed E-state index contributed by atoms with van der Waals surface area (Å²) in [7, 11) is 6.57. The minimum absolute atomic E-state index is 0.0602. The molecule has 0 saturated carbocycles. The van der Waals surface area contributed by atoms with Crippen molar-refractivity contribution in [2.75, 3.05) is 28.4 Å². The van der Waals surface area contributed by atoms with Crippen LogP contribution in [0.3, 0.4) is 0 Å². The summed E-state index contributed by atoms with van der Waals surface area (Å²) in [6, 6.07) is 13.8. The number of methoxy groups -OCH3 is 3. The first-order valence-electron chi connectivity index (χ1n) is 10.5. The van der Waals surface area contributed by atoms with Gasteiger partial charge in [0.05, 0.1) is 32.7 Å². The maximum atomic E-state index is 12.9. The van der Waals surface area contributed by atoms with Crippen molar-refractivity contribution < 1.29 is 19.0 Å². The number of aryl methyl sites for hydroxylation is 2. The van der Waals surface area contributed by atoms with Gasteiger partial charge in [-0.3, -0.25) is 4.79 Å². The van der Waals surface area contributed by atoms with E-state index >= 15 is 0 Å². The van der Waals surface area contributed by atoms with E-state index in [-0.39, 0.29) is 5.91 Å². The van der Waals surface area contributed by atoms with Gasteiger partial charge in [0.25, 0.3) is 0 Å². The molecule has 170 valence electrons. The third-order valence-electron chi connectivity index (χ3n) is 5.62. The molecule has 3 aromatic rings. The summed E-state index contributed by atoms with van der Waals surface area (Å²) in [5.74, 6) is 1.78. The van der Waals surface area contributed by atoms with E-state index in [1.807, 2.05) is 68.0 Å². The van der Waals surface area contributed by atoms with Gasteiger partial charge in [-0.1, -0.05) is 18.2 Å². The van der Waals surface area contributed by atoms with Crippen LogP contribution < -0.4 is 14.2 Å². The van der Waals surface area contributed by atoms with E-state index in [0.29, 0.717) is 36.6 Å². The molecule has 7 nitrogen and oxygen atoms in total. The van der Waals surface area contributed by atoms with Gasteiger partial charge in [-0.15, -0.1) is 0 Å². The van der Waals surface area contributed by atoms with Crippen molar-refractivity contribution in [2.24, 2.45) is 0 Å². The third-order valence-corrected chi connectivity index (χ3v) is 5.62. The highest BCUT2D eigenvalue weighted by molar-refractivity contribution is 5.76. The molecule has 1 aromatic heterocycles. The molecule has 7 heteroatoms. The lowest BCUT2D eigenvalue weighted by Crippen LogP contribution is -2.27. The Morgan fingerprint density at radius 2 is 1.62 bits per heavy atom. The van der Waals surface area contributed by atoms with Crippen molar-refractivity contribution in [1.82, 2.24) is 14.7 Å². The third kappa shape index (κ3) is 4.88. The van der Waals surface area contributed by atoms with Crippen LogP contribution >= 0.6 is 0 Å². The van der Waals surface area contributed by atoms with Crippen molar-refractivity contribution >= 4 is 5.91 Å². The SMILES string of the molecule is COc1cc(CCC(=O)N(C)Cc2c(C)nn(-c3ccccc3)c2C)cc(OC)c1OC. The Hall–Kier alpha value is -3.48. The summed E-state index contributed by atoms with van der Waals surface area (Å²) in [4.78, 5) is 14.6. The highest BCUT2D eigenvalue weighted by atomic mass is 16.5. The van der Waals surface area contributed by atoms with E-state index in [2.05, 4.69) is 5.10 Å². The van der Waals surface area contributed by atoms with Crippen molar-refractivity contribution in [1.29, 1.82) is 0 Å². The summed E-state index contributed by atoms with van der Waals surface area (Å²) in [5, 5.41) is 4.68. The number of hydrogen-bond donors (Lipinski definition) is 0. The van der Waals surface area contributed by atoms with Crippen LogP contribution in [-0.4, -0.2) is 49.0 Å². The van der Waals surface area contributed by atoms with Gasteiger partial charge < -0.3 is 19.1 Å². The van der Waals surface area contributed by atoms with Crippen LogP contribution in [0.15, 0.2) is 42.5 Å². The molecule has 0 aliphatic rings. The molecule has 2 aromatic carbocycles. The monoisotopic (exact) mass is 437 g/mol. The summed E-state index contributed by atoms with van der Waals surface area (Å²) < 4.78 is 18.1. The molecule has 0 fully saturated rings. The molecule has 0 aliphatic heterocycles. The number of benzene rings is 2. The fraction of sp³-hybridized carbons (Fsp3) is 0.360. The summed E-state index contributed by atoms with van der Waals surface area (Å²) in [6.45, 7) is 4.53. The second kappa shape index (κ2) is 10.2. The van der Waals surface area contributed by atoms with Crippen LogP contribution in [0.1, 0.15) is 28.9 Å². The average molecular weight is 438 g/mol. The average Bonchev–Trinajstić information content (AvgIpc) is 3.10. The molecular formula is C25H31N3O4. The van der Waals surface area contributed by atoms with Crippen molar-refractivity contribution in [3.8, 4) is 22.9 Å². The van der Waals surface area contributed by atoms with Gasteiger partial charge in [0, 0.05) is 31.3 Å². The molecule has 3 rings (SSSR count). The molecule has 32 heavy (non-hydrogen) atoms.